The van der Waals surface area contributed by atoms with Crippen LogP contribution in [0.4, 0.5) is 4.79 Å². The Labute approximate surface area is 192 Å². The summed E-state index contributed by atoms with van der Waals surface area (Å²) in [5.41, 5.74) is 1.57. The second-order valence-corrected chi connectivity index (χ2v) is 9.22. The van der Waals surface area contributed by atoms with Gasteiger partial charge in [0.25, 0.3) is 11.1 Å². The summed E-state index contributed by atoms with van der Waals surface area (Å²) < 4.78 is 5.94. The molecule has 0 radical (unpaired) electrons. The number of carbonyl (C=O) groups excluding carboxylic acids is 3. The van der Waals surface area contributed by atoms with E-state index < -0.39 is 5.92 Å². The van der Waals surface area contributed by atoms with Gasteiger partial charge in [0.1, 0.15) is 11.5 Å². The normalized spacial score (nSPS) is 16.6. The zero-order chi connectivity index (χ0) is 22.1. The molecule has 5 rings (SSSR count). The maximum absolute atomic E-state index is 13.2. The van der Waals surface area contributed by atoms with Crippen LogP contribution in [0.3, 0.4) is 0 Å². The highest BCUT2D eigenvalue weighted by Crippen LogP contribution is 2.43. The first-order valence-corrected chi connectivity index (χ1v) is 11.7. The highest BCUT2D eigenvalue weighted by Gasteiger charge is 2.36. The molecule has 1 N–H and O–H groups in total. The number of nitrogens with zero attached hydrogens (tertiary/aromatic N) is 1. The number of imide groups is 1. The molecular formula is C24H18N2O4S2. The zero-order valence-corrected chi connectivity index (χ0v) is 18.4. The number of hydrogen-bond acceptors (Lipinski definition) is 6. The van der Waals surface area contributed by atoms with Gasteiger partial charge in [0, 0.05) is 29.1 Å². The molecule has 32 heavy (non-hydrogen) atoms. The summed E-state index contributed by atoms with van der Waals surface area (Å²) >= 11 is 2.43. The Morgan fingerprint density at radius 1 is 1.00 bits per heavy atom. The van der Waals surface area contributed by atoms with E-state index in [9.17, 15) is 14.4 Å². The van der Waals surface area contributed by atoms with Crippen molar-refractivity contribution in [3.05, 3.63) is 87.0 Å². The number of amides is 3. The summed E-state index contributed by atoms with van der Waals surface area (Å²) in [7, 11) is 0. The minimum Gasteiger partial charge on any atom is -0.457 e. The number of carbonyl (C=O) groups is 3. The standard InChI is InChI=1S/C24H18N2O4S2/c27-22(21-16-7-1-3-9-18(16)30-19-10-4-2-8-17(19)21)25-11-12-26-23(28)20(32-24(26)29)14-15-6-5-13-31-15/h1-10,13-14,21H,11-12H2,(H,25,27)/b20-14-. The van der Waals surface area contributed by atoms with Crippen LogP contribution in [-0.4, -0.2) is 35.0 Å². The molecule has 0 saturated carbocycles. The van der Waals surface area contributed by atoms with Crippen LogP contribution in [0.1, 0.15) is 21.9 Å². The summed E-state index contributed by atoms with van der Waals surface area (Å²) in [4.78, 5) is 40.6. The van der Waals surface area contributed by atoms with Crippen molar-refractivity contribution in [2.24, 2.45) is 0 Å². The van der Waals surface area contributed by atoms with Crippen LogP contribution in [0.5, 0.6) is 11.5 Å². The monoisotopic (exact) mass is 462 g/mol. The molecule has 1 aromatic heterocycles. The van der Waals surface area contributed by atoms with Gasteiger partial charge in [-0.05, 0) is 41.4 Å². The van der Waals surface area contributed by atoms with Crippen LogP contribution in [0.25, 0.3) is 6.08 Å². The summed E-state index contributed by atoms with van der Waals surface area (Å²) in [5, 5.41) is 4.49. The highest BCUT2D eigenvalue weighted by molar-refractivity contribution is 8.18. The number of fused-ring (bicyclic) bond motifs is 2. The Hall–Kier alpha value is -3.36. The van der Waals surface area contributed by atoms with Crippen LogP contribution in [0.2, 0.25) is 0 Å². The number of benzene rings is 2. The first-order valence-electron chi connectivity index (χ1n) is 10.0. The predicted molar refractivity (Wildman–Crippen MR) is 125 cm³/mol. The summed E-state index contributed by atoms with van der Waals surface area (Å²) in [6.07, 6.45) is 1.73. The maximum Gasteiger partial charge on any atom is 0.293 e. The fourth-order valence-corrected chi connectivity index (χ4v) is 5.37. The molecule has 0 unspecified atom stereocenters. The van der Waals surface area contributed by atoms with E-state index in [4.69, 9.17) is 4.74 Å². The molecule has 3 heterocycles. The van der Waals surface area contributed by atoms with Gasteiger partial charge in [-0.3, -0.25) is 19.3 Å². The first-order chi connectivity index (χ1) is 15.6. The molecule has 0 spiro atoms. The number of ether oxygens (including phenoxy) is 1. The smallest absolute Gasteiger partial charge is 0.293 e. The number of rotatable bonds is 5. The Balaban J connectivity index is 1.28. The van der Waals surface area contributed by atoms with Gasteiger partial charge < -0.3 is 10.1 Å². The summed E-state index contributed by atoms with van der Waals surface area (Å²) in [6.45, 7) is 0.287. The van der Waals surface area contributed by atoms with Gasteiger partial charge in [0.05, 0.1) is 10.8 Å². The van der Waals surface area contributed by atoms with Gasteiger partial charge in [0.2, 0.25) is 5.91 Å². The van der Waals surface area contributed by atoms with Gasteiger partial charge in [-0.2, -0.15) is 0 Å². The summed E-state index contributed by atoms with van der Waals surface area (Å²) in [5.74, 6) is 0.246. The maximum atomic E-state index is 13.2. The van der Waals surface area contributed by atoms with Gasteiger partial charge >= 0.3 is 0 Å². The minimum atomic E-state index is -0.523. The summed E-state index contributed by atoms with van der Waals surface area (Å²) in [6, 6.07) is 18.7. The van der Waals surface area contributed by atoms with Crippen LogP contribution in [0, 0.1) is 0 Å². The van der Waals surface area contributed by atoms with Crippen molar-refractivity contribution >= 4 is 46.2 Å². The lowest BCUT2D eigenvalue weighted by Crippen LogP contribution is -2.39. The van der Waals surface area contributed by atoms with Gasteiger partial charge in [-0.1, -0.05) is 42.5 Å². The van der Waals surface area contributed by atoms with E-state index in [-0.39, 0.29) is 30.1 Å². The SMILES string of the molecule is O=C(NCCN1C(=O)S/C(=C\c2cccs2)C1=O)C1c2ccccc2Oc2ccccc21. The van der Waals surface area contributed by atoms with Crippen molar-refractivity contribution in [1.82, 2.24) is 10.2 Å². The lowest BCUT2D eigenvalue weighted by atomic mass is 9.87. The molecule has 6 nitrogen and oxygen atoms in total. The molecule has 2 aliphatic rings. The van der Waals surface area contributed by atoms with Crippen LogP contribution in [0.15, 0.2) is 70.9 Å². The van der Waals surface area contributed by atoms with E-state index in [2.05, 4.69) is 5.32 Å². The topological polar surface area (TPSA) is 75.7 Å². The molecule has 2 aliphatic heterocycles. The largest absolute Gasteiger partial charge is 0.457 e. The van der Waals surface area contributed by atoms with Gasteiger partial charge in [-0.25, -0.2) is 0 Å². The van der Waals surface area contributed by atoms with E-state index >= 15 is 0 Å². The van der Waals surface area contributed by atoms with E-state index in [0.717, 1.165) is 27.8 Å². The highest BCUT2D eigenvalue weighted by atomic mass is 32.2. The first kappa shape index (κ1) is 20.5. The Morgan fingerprint density at radius 3 is 2.34 bits per heavy atom. The second-order valence-electron chi connectivity index (χ2n) is 7.25. The Bertz CT molecular complexity index is 1190. The predicted octanol–water partition coefficient (Wildman–Crippen LogP) is 4.84. The molecule has 3 amide bonds. The molecule has 160 valence electrons. The number of nitrogens with one attached hydrogen (secondary N) is 1. The molecule has 0 bridgehead atoms. The van der Waals surface area contributed by atoms with Gasteiger partial charge in [0.15, 0.2) is 0 Å². The number of thiophene rings is 1. The molecule has 3 aromatic rings. The average molecular weight is 463 g/mol. The Morgan fingerprint density at radius 2 is 1.69 bits per heavy atom. The van der Waals surface area contributed by atoms with Crippen molar-refractivity contribution in [3.63, 3.8) is 0 Å². The number of hydrogen-bond donors (Lipinski definition) is 1. The zero-order valence-electron chi connectivity index (χ0n) is 16.8. The van der Waals surface area contributed by atoms with Crippen LogP contribution >= 0.6 is 23.1 Å². The van der Waals surface area contributed by atoms with E-state index in [1.54, 1.807) is 6.08 Å². The van der Waals surface area contributed by atoms with Crippen molar-refractivity contribution in [2.75, 3.05) is 13.1 Å². The minimum absolute atomic E-state index is 0.116. The third kappa shape index (κ3) is 3.83. The van der Waals surface area contributed by atoms with Crippen molar-refractivity contribution in [2.45, 2.75) is 5.92 Å². The lowest BCUT2D eigenvalue weighted by Gasteiger charge is -2.27. The fourth-order valence-electron chi connectivity index (χ4n) is 3.78. The Kier molecular flexibility index (Phi) is 5.55. The van der Waals surface area contributed by atoms with Crippen molar-refractivity contribution < 1.29 is 19.1 Å². The molecule has 0 atom stereocenters. The second kappa shape index (κ2) is 8.64. The van der Waals surface area contributed by atoms with E-state index in [1.807, 2.05) is 66.0 Å². The van der Waals surface area contributed by atoms with Crippen molar-refractivity contribution in [1.29, 1.82) is 0 Å². The third-order valence-corrected chi connectivity index (χ3v) is 6.99. The van der Waals surface area contributed by atoms with Crippen LogP contribution in [-0.2, 0) is 9.59 Å². The molecule has 0 aliphatic carbocycles. The molecule has 8 heteroatoms. The average Bonchev–Trinajstić information content (AvgIpc) is 3.41. The van der Waals surface area contributed by atoms with Crippen LogP contribution < -0.4 is 10.1 Å². The van der Waals surface area contributed by atoms with E-state index in [0.29, 0.717) is 16.4 Å². The molecule has 1 saturated heterocycles. The fraction of sp³-hybridized carbons (Fsp3) is 0.125. The number of thioether (sulfide) groups is 1. The van der Waals surface area contributed by atoms with Crippen molar-refractivity contribution in [3.8, 4) is 11.5 Å². The van der Waals surface area contributed by atoms with E-state index in [1.165, 1.54) is 16.2 Å². The molecular weight excluding hydrogens is 444 g/mol. The lowest BCUT2D eigenvalue weighted by molar-refractivity contribution is -0.124. The molecule has 1 fully saturated rings. The third-order valence-electron chi connectivity index (χ3n) is 5.27. The van der Waals surface area contributed by atoms with Gasteiger partial charge in [-0.15, -0.1) is 11.3 Å². The molecule has 2 aromatic carbocycles. The quantitative estimate of drug-likeness (QED) is 0.549. The number of para-hydroxylation sites is 2.